The predicted molar refractivity (Wildman–Crippen MR) is 111 cm³/mol. The molecule has 2 aromatic rings. The second-order valence-corrected chi connectivity index (χ2v) is 7.30. The van der Waals surface area contributed by atoms with Gasteiger partial charge in [0.2, 0.25) is 5.91 Å². The SMILES string of the molecule is COCCNC(=O)[C@@H]1CN(C(=O)c2ccccc2C)C[C@@H]1c1ccc(OC)cc1. The van der Waals surface area contributed by atoms with Gasteiger partial charge >= 0.3 is 0 Å². The second-order valence-electron chi connectivity index (χ2n) is 7.30. The molecular formula is C23H28N2O4. The molecule has 0 spiro atoms. The molecule has 0 radical (unpaired) electrons. The standard InChI is InChI=1S/C23H28N2O4/c1-16-6-4-5-7-19(16)23(27)25-14-20(17-8-10-18(29-3)11-9-17)21(15-25)22(26)24-12-13-28-2/h4-11,20-21H,12-15H2,1-3H3,(H,24,26)/t20-,21-/m1/s1. The molecule has 1 N–H and O–H groups in total. The summed E-state index contributed by atoms with van der Waals surface area (Å²) in [5.41, 5.74) is 2.64. The van der Waals surface area contributed by atoms with Crippen LogP contribution in [-0.4, -0.2) is 57.2 Å². The number of nitrogens with zero attached hydrogens (tertiary/aromatic N) is 1. The van der Waals surface area contributed by atoms with E-state index >= 15 is 0 Å². The van der Waals surface area contributed by atoms with Gasteiger partial charge in [-0.1, -0.05) is 30.3 Å². The van der Waals surface area contributed by atoms with Crippen molar-refractivity contribution in [3.05, 3.63) is 65.2 Å². The van der Waals surface area contributed by atoms with Crippen LogP contribution in [0.3, 0.4) is 0 Å². The molecule has 1 saturated heterocycles. The van der Waals surface area contributed by atoms with Crippen LogP contribution in [0.25, 0.3) is 0 Å². The number of nitrogens with one attached hydrogen (secondary N) is 1. The zero-order valence-corrected chi connectivity index (χ0v) is 17.2. The monoisotopic (exact) mass is 396 g/mol. The van der Waals surface area contributed by atoms with Crippen LogP contribution in [0, 0.1) is 12.8 Å². The lowest BCUT2D eigenvalue weighted by Gasteiger charge is -2.18. The van der Waals surface area contributed by atoms with Crippen LogP contribution < -0.4 is 10.1 Å². The van der Waals surface area contributed by atoms with Gasteiger partial charge in [0, 0.05) is 38.2 Å². The Bertz CT molecular complexity index is 850. The van der Waals surface area contributed by atoms with Crippen LogP contribution in [0.5, 0.6) is 5.75 Å². The Balaban J connectivity index is 1.83. The first-order valence-corrected chi connectivity index (χ1v) is 9.80. The normalized spacial score (nSPS) is 18.5. The van der Waals surface area contributed by atoms with Crippen molar-refractivity contribution in [3.63, 3.8) is 0 Å². The number of hydrogen-bond acceptors (Lipinski definition) is 4. The molecule has 1 fully saturated rings. The van der Waals surface area contributed by atoms with Gasteiger partial charge in [-0.3, -0.25) is 9.59 Å². The third-order valence-corrected chi connectivity index (χ3v) is 5.47. The number of carbonyl (C=O) groups is 2. The van der Waals surface area contributed by atoms with Gasteiger partial charge in [-0.15, -0.1) is 0 Å². The summed E-state index contributed by atoms with van der Waals surface area (Å²) in [5.74, 6) is 0.294. The highest BCUT2D eigenvalue weighted by atomic mass is 16.5. The summed E-state index contributed by atoms with van der Waals surface area (Å²) in [7, 11) is 3.23. The van der Waals surface area contributed by atoms with Gasteiger partial charge in [0.1, 0.15) is 5.75 Å². The molecule has 0 bridgehead atoms. The Labute approximate surface area is 171 Å². The highest BCUT2D eigenvalue weighted by Gasteiger charge is 2.40. The molecule has 0 unspecified atom stereocenters. The van der Waals surface area contributed by atoms with E-state index in [1.807, 2.05) is 55.5 Å². The van der Waals surface area contributed by atoms with Crippen molar-refractivity contribution in [1.29, 1.82) is 0 Å². The van der Waals surface area contributed by atoms with Crippen molar-refractivity contribution >= 4 is 11.8 Å². The highest BCUT2D eigenvalue weighted by Crippen LogP contribution is 2.34. The third-order valence-electron chi connectivity index (χ3n) is 5.47. The van der Waals surface area contributed by atoms with E-state index in [1.165, 1.54) is 0 Å². The number of likely N-dealkylation sites (tertiary alicyclic amines) is 1. The smallest absolute Gasteiger partial charge is 0.254 e. The second kappa shape index (κ2) is 9.56. The van der Waals surface area contributed by atoms with Gasteiger partial charge in [-0.2, -0.15) is 0 Å². The number of ether oxygens (including phenoxy) is 2. The quantitative estimate of drug-likeness (QED) is 0.731. The zero-order chi connectivity index (χ0) is 20.8. The molecular weight excluding hydrogens is 368 g/mol. The maximum atomic E-state index is 13.1. The fourth-order valence-corrected chi connectivity index (χ4v) is 3.81. The molecule has 6 heteroatoms. The Kier molecular flexibility index (Phi) is 6.88. The summed E-state index contributed by atoms with van der Waals surface area (Å²) >= 11 is 0. The summed E-state index contributed by atoms with van der Waals surface area (Å²) in [6.45, 7) is 3.73. The minimum absolute atomic E-state index is 0.0335. The minimum atomic E-state index is -0.312. The summed E-state index contributed by atoms with van der Waals surface area (Å²) in [5, 5.41) is 2.93. The number of aryl methyl sites for hydroxylation is 1. The summed E-state index contributed by atoms with van der Waals surface area (Å²) < 4.78 is 10.3. The molecule has 0 aliphatic carbocycles. The van der Waals surface area contributed by atoms with E-state index in [4.69, 9.17) is 9.47 Å². The van der Waals surface area contributed by atoms with Gasteiger partial charge in [-0.05, 0) is 36.2 Å². The minimum Gasteiger partial charge on any atom is -0.497 e. The van der Waals surface area contributed by atoms with E-state index in [2.05, 4.69) is 5.32 Å². The maximum absolute atomic E-state index is 13.1. The van der Waals surface area contributed by atoms with Crippen LogP contribution in [0.1, 0.15) is 27.4 Å². The van der Waals surface area contributed by atoms with Gasteiger partial charge < -0.3 is 19.7 Å². The molecule has 154 valence electrons. The Morgan fingerprint density at radius 3 is 2.45 bits per heavy atom. The highest BCUT2D eigenvalue weighted by molar-refractivity contribution is 5.96. The van der Waals surface area contributed by atoms with Gasteiger partial charge in [0.05, 0.1) is 19.6 Å². The van der Waals surface area contributed by atoms with Crippen molar-refractivity contribution < 1.29 is 19.1 Å². The van der Waals surface area contributed by atoms with E-state index < -0.39 is 0 Å². The van der Waals surface area contributed by atoms with Gasteiger partial charge in [0.25, 0.3) is 5.91 Å². The van der Waals surface area contributed by atoms with Gasteiger partial charge in [0.15, 0.2) is 0 Å². The molecule has 1 aliphatic heterocycles. The third kappa shape index (κ3) is 4.77. The molecule has 29 heavy (non-hydrogen) atoms. The molecule has 0 saturated carbocycles. The fraction of sp³-hybridized carbons (Fsp3) is 0.391. The zero-order valence-electron chi connectivity index (χ0n) is 17.2. The Hall–Kier alpha value is -2.86. The van der Waals surface area contributed by atoms with Crippen molar-refractivity contribution in [3.8, 4) is 5.75 Å². The summed E-state index contributed by atoms with van der Waals surface area (Å²) in [6.07, 6.45) is 0. The maximum Gasteiger partial charge on any atom is 0.254 e. The molecule has 2 atom stereocenters. The van der Waals surface area contributed by atoms with Crippen molar-refractivity contribution in [2.24, 2.45) is 5.92 Å². The number of rotatable bonds is 7. The van der Waals surface area contributed by atoms with E-state index in [0.29, 0.717) is 31.8 Å². The average Bonchev–Trinajstić information content (AvgIpc) is 3.19. The van der Waals surface area contributed by atoms with E-state index in [-0.39, 0.29) is 23.7 Å². The van der Waals surface area contributed by atoms with Crippen LogP contribution in [0.15, 0.2) is 48.5 Å². The molecule has 0 aromatic heterocycles. The fourth-order valence-electron chi connectivity index (χ4n) is 3.81. The summed E-state index contributed by atoms with van der Waals surface area (Å²) in [6, 6.07) is 15.3. The van der Waals surface area contributed by atoms with Gasteiger partial charge in [-0.25, -0.2) is 0 Å². The predicted octanol–water partition coefficient (Wildman–Crippen LogP) is 2.62. The molecule has 3 rings (SSSR count). The number of amides is 2. The van der Waals surface area contributed by atoms with Crippen LogP contribution >= 0.6 is 0 Å². The number of carbonyl (C=O) groups excluding carboxylic acids is 2. The number of hydrogen-bond donors (Lipinski definition) is 1. The lowest BCUT2D eigenvalue weighted by Crippen LogP contribution is -2.37. The number of methoxy groups -OCH3 is 2. The first kappa shape index (κ1) is 20.9. The molecule has 6 nitrogen and oxygen atoms in total. The average molecular weight is 396 g/mol. The van der Waals surface area contributed by atoms with Crippen LogP contribution in [0.4, 0.5) is 0 Å². The first-order chi connectivity index (χ1) is 14.0. The van der Waals surface area contributed by atoms with Crippen LogP contribution in [0.2, 0.25) is 0 Å². The molecule has 2 aromatic carbocycles. The van der Waals surface area contributed by atoms with Crippen molar-refractivity contribution in [1.82, 2.24) is 10.2 Å². The first-order valence-electron chi connectivity index (χ1n) is 9.80. The lowest BCUT2D eigenvalue weighted by atomic mass is 9.88. The van der Waals surface area contributed by atoms with E-state index in [0.717, 1.165) is 16.9 Å². The topological polar surface area (TPSA) is 67.9 Å². The summed E-state index contributed by atoms with van der Waals surface area (Å²) in [4.78, 5) is 27.8. The molecule has 2 amide bonds. The van der Waals surface area contributed by atoms with Crippen LogP contribution in [-0.2, 0) is 9.53 Å². The Morgan fingerprint density at radius 2 is 1.79 bits per heavy atom. The lowest BCUT2D eigenvalue weighted by molar-refractivity contribution is -0.125. The Morgan fingerprint density at radius 1 is 1.07 bits per heavy atom. The number of benzene rings is 2. The molecule has 1 heterocycles. The van der Waals surface area contributed by atoms with E-state index in [1.54, 1.807) is 19.1 Å². The van der Waals surface area contributed by atoms with Crippen molar-refractivity contribution in [2.75, 3.05) is 40.5 Å². The molecule has 1 aliphatic rings. The largest absolute Gasteiger partial charge is 0.497 e. The van der Waals surface area contributed by atoms with Crippen molar-refractivity contribution in [2.45, 2.75) is 12.8 Å². The van der Waals surface area contributed by atoms with E-state index in [9.17, 15) is 9.59 Å².